The standard InChI is InChI=1S/C21H18FN7O2S2/c1-12(30)28-4-6-29(7-5-28)19(31)16-10-32-21(25-16)27-20-23-9-14(22)18(26-20)13-2-3-15-17(8-13)33-11-24-15/h2-3,8-11H,4-7H2,1H3,(H,23,25,26,27). The van der Waals surface area contributed by atoms with E-state index in [0.29, 0.717) is 42.6 Å². The number of carbonyl (C=O) groups excluding carboxylic acids is 2. The van der Waals surface area contributed by atoms with Crippen molar-refractivity contribution in [2.24, 2.45) is 0 Å². The molecular formula is C21H18FN7O2S2. The molecule has 5 rings (SSSR count). The summed E-state index contributed by atoms with van der Waals surface area (Å²) in [6.07, 6.45) is 1.11. The number of aromatic nitrogens is 4. The van der Waals surface area contributed by atoms with Gasteiger partial charge in [0.25, 0.3) is 5.91 Å². The third-order valence-corrected chi connectivity index (χ3v) is 6.85. The number of benzene rings is 1. The number of thiazole rings is 2. The van der Waals surface area contributed by atoms with Gasteiger partial charge in [-0.3, -0.25) is 9.59 Å². The number of rotatable bonds is 4. The molecule has 0 spiro atoms. The summed E-state index contributed by atoms with van der Waals surface area (Å²) in [6, 6.07) is 5.43. The van der Waals surface area contributed by atoms with Crippen LogP contribution < -0.4 is 5.32 Å². The van der Waals surface area contributed by atoms with E-state index in [0.717, 1.165) is 16.4 Å². The van der Waals surface area contributed by atoms with E-state index in [9.17, 15) is 14.0 Å². The van der Waals surface area contributed by atoms with Crippen LogP contribution in [0.2, 0.25) is 0 Å². The highest BCUT2D eigenvalue weighted by atomic mass is 32.1. The Balaban J connectivity index is 1.31. The monoisotopic (exact) mass is 483 g/mol. The van der Waals surface area contributed by atoms with E-state index in [1.165, 1.54) is 29.6 Å². The zero-order valence-electron chi connectivity index (χ0n) is 17.5. The summed E-state index contributed by atoms with van der Waals surface area (Å²) in [4.78, 5) is 44.5. The first kappa shape index (κ1) is 21.3. The number of nitrogens with one attached hydrogen (secondary N) is 1. The van der Waals surface area contributed by atoms with E-state index < -0.39 is 5.82 Å². The van der Waals surface area contributed by atoms with Gasteiger partial charge in [0.2, 0.25) is 11.9 Å². The summed E-state index contributed by atoms with van der Waals surface area (Å²) in [5.41, 5.74) is 3.67. The molecule has 1 aliphatic heterocycles. The maximum atomic E-state index is 14.5. The number of carbonyl (C=O) groups is 2. The third kappa shape index (κ3) is 4.39. The Bertz CT molecular complexity index is 1350. The largest absolute Gasteiger partial charge is 0.339 e. The Kier molecular flexibility index (Phi) is 5.68. The van der Waals surface area contributed by atoms with E-state index in [-0.39, 0.29) is 23.5 Å². The van der Waals surface area contributed by atoms with Crippen LogP contribution in [-0.2, 0) is 4.79 Å². The van der Waals surface area contributed by atoms with Crippen molar-refractivity contribution in [1.82, 2.24) is 29.7 Å². The number of hydrogen-bond donors (Lipinski definition) is 1. The van der Waals surface area contributed by atoms with Crippen LogP contribution in [0.15, 0.2) is 35.3 Å². The van der Waals surface area contributed by atoms with Crippen LogP contribution in [0.5, 0.6) is 0 Å². The summed E-state index contributed by atoms with van der Waals surface area (Å²) in [5.74, 6) is -0.544. The lowest BCUT2D eigenvalue weighted by Crippen LogP contribution is -2.50. The molecule has 1 fully saturated rings. The van der Waals surface area contributed by atoms with Crippen molar-refractivity contribution in [1.29, 1.82) is 0 Å². The van der Waals surface area contributed by atoms with Crippen molar-refractivity contribution < 1.29 is 14.0 Å². The molecule has 1 N–H and O–H groups in total. The first-order valence-corrected chi connectivity index (χ1v) is 11.9. The van der Waals surface area contributed by atoms with Gasteiger partial charge in [-0.25, -0.2) is 24.3 Å². The van der Waals surface area contributed by atoms with Gasteiger partial charge in [-0.05, 0) is 12.1 Å². The lowest BCUT2D eigenvalue weighted by molar-refractivity contribution is -0.130. The minimum Gasteiger partial charge on any atom is -0.339 e. The lowest BCUT2D eigenvalue weighted by atomic mass is 10.1. The molecule has 0 unspecified atom stereocenters. The molecule has 33 heavy (non-hydrogen) atoms. The SMILES string of the molecule is CC(=O)N1CCN(C(=O)c2csc(Nc3ncc(F)c(-c4ccc5ncsc5c4)n3)n2)CC1. The minimum atomic E-state index is -0.538. The highest BCUT2D eigenvalue weighted by Crippen LogP contribution is 2.28. The number of halogens is 1. The third-order valence-electron chi connectivity index (χ3n) is 5.30. The summed E-state index contributed by atoms with van der Waals surface area (Å²) in [6.45, 7) is 3.47. The molecule has 12 heteroatoms. The molecule has 2 amide bonds. The average molecular weight is 484 g/mol. The molecule has 1 aromatic carbocycles. The molecule has 0 radical (unpaired) electrons. The van der Waals surface area contributed by atoms with Crippen molar-refractivity contribution in [3.05, 3.63) is 46.8 Å². The second kappa shape index (κ2) is 8.79. The molecule has 1 aliphatic rings. The van der Waals surface area contributed by atoms with Gasteiger partial charge < -0.3 is 15.1 Å². The minimum absolute atomic E-state index is 0.00730. The maximum absolute atomic E-state index is 14.5. The first-order valence-electron chi connectivity index (χ1n) is 10.1. The van der Waals surface area contributed by atoms with Gasteiger partial charge in [-0.1, -0.05) is 6.07 Å². The number of hydrogen-bond acceptors (Lipinski definition) is 9. The summed E-state index contributed by atoms with van der Waals surface area (Å²) < 4.78 is 15.4. The van der Waals surface area contributed by atoms with Crippen molar-refractivity contribution in [3.63, 3.8) is 0 Å². The Hall–Kier alpha value is -3.51. The van der Waals surface area contributed by atoms with Crippen molar-refractivity contribution >= 4 is 55.8 Å². The fraction of sp³-hybridized carbons (Fsp3) is 0.238. The van der Waals surface area contributed by atoms with Gasteiger partial charge in [0.15, 0.2) is 10.9 Å². The van der Waals surface area contributed by atoms with E-state index in [4.69, 9.17) is 0 Å². The van der Waals surface area contributed by atoms with Crippen LogP contribution in [0.1, 0.15) is 17.4 Å². The molecule has 4 aromatic rings. The van der Waals surface area contributed by atoms with Gasteiger partial charge in [0.1, 0.15) is 11.4 Å². The topological polar surface area (TPSA) is 104 Å². The average Bonchev–Trinajstić information content (AvgIpc) is 3.49. The maximum Gasteiger partial charge on any atom is 0.273 e. The van der Waals surface area contributed by atoms with E-state index in [1.54, 1.807) is 26.8 Å². The smallest absolute Gasteiger partial charge is 0.273 e. The van der Waals surface area contributed by atoms with Crippen LogP contribution in [0.25, 0.3) is 21.5 Å². The number of fused-ring (bicyclic) bond motifs is 1. The van der Waals surface area contributed by atoms with Crippen LogP contribution in [-0.4, -0.2) is 67.7 Å². The Morgan fingerprint density at radius 1 is 1.06 bits per heavy atom. The van der Waals surface area contributed by atoms with Crippen LogP contribution in [0.3, 0.4) is 0 Å². The van der Waals surface area contributed by atoms with Gasteiger partial charge in [-0.15, -0.1) is 22.7 Å². The Morgan fingerprint density at radius 2 is 1.85 bits per heavy atom. The van der Waals surface area contributed by atoms with Crippen molar-refractivity contribution in [3.8, 4) is 11.3 Å². The van der Waals surface area contributed by atoms with E-state index >= 15 is 0 Å². The number of nitrogens with zero attached hydrogens (tertiary/aromatic N) is 6. The van der Waals surface area contributed by atoms with Crippen LogP contribution >= 0.6 is 22.7 Å². The number of piperazine rings is 1. The summed E-state index contributed by atoms with van der Waals surface area (Å²) in [5, 5.41) is 5.04. The number of anilines is 2. The molecule has 0 saturated carbocycles. The second-order valence-electron chi connectivity index (χ2n) is 7.39. The van der Waals surface area contributed by atoms with Gasteiger partial charge in [0.05, 0.1) is 21.9 Å². The van der Waals surface area contributed by atoms with Gasteiger partial charge >= 0.3 is 0 Å². The highest BCUT2D eigenvalue weighted by Gasteiger charge is 2.25. The molecule has 4 heterocycles. The molecule has 0 bridgehead atoms. The molecule has 3 aromatic heterocycles. The van der Waals surface area contributed by atoms with Crippen molar-refractivity contribution in [2.45, 2.75) is 6.92 Å². The molecule has 0 aliphatic carbocycles. The lowest BCUT2D eigenvalue weighted by Gasteiger charge is -2.33. The van der Waals surface area contributed by atoms with Crippen LogP contribution in [0, 0.1) is 5.82 Å². The van der Waals surface area contributed by atoms with E-state index in [1.807, 2.05) is 12.1 Å². The van der Waals surface area contributed by atoms with E-state index in [2.05, 4.69) is 25.3 Å². The van der Waals surface area contributed by atoms with Crippen molar-refractivity contribution in [2.75, 3.05) is 31.5 Å². The normalized spacial score (nSPS) is 14.0. The molecular weight excluding hydrogens is 465 g/mol. The predicted molar refractivity (Wildman–Crippen MR) is 124 cm³/mol. The zero-order valence-corrected chi connectivity index (χ0v) is 19.1. The fourth-order valence-electron chi connectivity index (χ4n) is 3.54. The molecule has 168 valence electrons. The quantitative estimate of drug-likeness (QED) is 0.474. The Morgan fingerprint density at radius 3 is 2.64 bits per heavy atom. The second-order valence-corrected chi connectivity index (χ2v) is 9.13. The molecule has 1 saturated heterocycles. The predicted octanol–water partition coefficient (Wildman–Crippen LogP) is 3.40. The fourth-order valence-corrected chi connectivity index (χ4v) is 4.94. The first-order chi connectivity index (χ1) is 16.0. The Labute approximate surface area is 195 Å². The summed E-state index contributed by atoms with van der Waals surface area (Å²) in [7, 11) is 0. The number of amides is 2. The molecule has 9 nitrogen and oxygen atoms in total. The highest BCUT2D eigenvalue weighted by molar-refractivity contribution is 7.16. The molecule has 0 atom stereocenters. The zero-order chi connectivity index (χ0) is 22.9. The van der Waals surface area contributed by atoms with Gasteiger partial charge in [-0.2, -0.15) is 0 Å². The van der Waals surface area contributed by atoms with Gasteiger partial charge in [0, 0.05) is 44.0 Å². The summed E-state index contributed by atoms with van der Waals surface area (Å²) >= 11 is 2.71. The van der Waals surface area contributed by atoms with Crippen LogP contribution in [0.4, 0.5) is 15.5 Å².